The van der Waals surface area contributed by atoms with Crippen LogP contribution in [0.5, 0.6) is 0 Å². The van der Waals surface area contributed by atoms with Crippen molar-refractivity contribution in [3.63, 3.8) is 0 Å². The maximum absolute atomic E-state index is 12.3. The van der Waals surface area contributed by atoms with Gasteiger partial charge in [0.2, 0.25) is 5.91 Å². The number of rotatable bonds is 7. The zero-order valence-electron chi connectivity index (χ0n) is 12.7. The van der Waals surface area contributed by atoms with Gasteiger partial charge in [-0.05, 0) is 45.4 Å². The molecule has 2 fully saturated rings. The van der Waals surface area contributed by atoms with Crippen LogP contribution in [0.3, 0.4) is 0 Å². The molecule has 0 aromatic rings. The Bertz CT molecular complexity index is 278. The maximum Gasteiger partial charge on any atom is 0.236 e. The predicted octanol–water partition coefficient (Wildman–Crippen LogP) is 2.90. The highest BCUT2D eigenvalue weighted by molar-refractivity contribution is 5.78. The van der Waals surface area contributed by atoms with E-state index in [1.54, 1.807) is 0 Å². The lowest BCUT2D eigenvalue weighted by Crippen LogP contribution is -2.46. The van der Waals surface area contributed by atoms with Crippen LogP contribution < -0.4 is 0 Å². The number of hydrogen-bond donors (Lipinski definition) is 0. The Hall–Kier alpha value is -0.570. The Kier molecular flexibility index (Phi) is 5.68. The highest BCUT2D eigenvalue weighted by Gasteiger charge is 2.30. The molecule has 0 radical (unpaired) electrons. The first-order valence-corrected chi connectivity index (χ1v) is 8.26. The fourth-order valence-electron chi connectivity index (χ4n) is 3.27. The molecule has 19 heavy (non-hydrogen) atoms. The quantitative estimate of drug-likeness (QED) is 0.707. The fourth-order valence-corrected chi connectivity index (χ4v) is 3.27. The van der Waals surface area contributed by atoms with Crippen LogP contribution in [-0.2, 0) is 4.79 Å². The third-order valence-corrected chi connectivity index (χ3v) is 4.74. The lowest BCUT2D eigenvalue weighted by molar-refractivity contribution is -0.132. The maximum atomic E-state index is 12.3. The van der Waals surface area contributed by atoms with Crippen LogP contribution in [0.25, 0.3) is 0 Å². The van der Waals surface area contributed by atoms with Crippen molar-refractivity contribution in [1.29, 1.82) is 0 Å². The Morgan fingerprint density at radius 1 is 1.00 bits per heavy atom. The summed E-state index contributed by atoms with van der Waals surface area (Å²) in [6, 6.07) is 0.675. The predicted molar refractivity (Wildman–Crippen MR) is 79.1 cm³/mol. The molecule has 0 aliphatic heterocycles. The molecule has 0 aromatic carbocycles. The van der Waals surface area contributed by atoms with Crippen molar-refractivity contribution in [2.45, 2.75) is 64.8 Å². The Morgan fingerprint density at radius 3 is 2.16 bits per heavy atom. The first-order chi connectivity index (χ1) is 9.24. The van der Waals surface area contributed by atoms with Gasteiger partial charge >= 0.3 is 0 Å². The third-order valence-electron chi connectivity index (χ3n) is 4.74. The summed E-state index contributed by atoms with van der Waals surface area (Å²) in [6.07, 6.45) is 9.45. The minimum atomic E-state index is 0.330. The Morgan fingerprint density at radius 2 is 1.63 bits per heavy atom. The van der Waals surface area contributed by atoms with Crippen LogP contribution >= 0.6 is 0 Å². The molecule has 0 saturated heterocycles. The number of nitrogens with zero attached hydrogens (tertiary/aromatic N) is 2. The third kappa shape index (κ3) is 4.48. The molecule has 3 heteroatoms. The van der Waals surface area contributed by atoms with E-state index in [9.17, 15) is 4.79 Å². The summed E-state index contributed by atoms with van der Waals surface area (Å²) in [6.45, 7) is 7.66. The second kappa shape index (κ2) is 7.28. The van der Waals surface area contributed by atoms with Crippen LogP contribution in [0.4, 0.5) is 0 Å². The first kappa shape index (κ1) is 14.8. The number of amides is 1. The lowest BCUT2D eigenvalue weighted by atomic mass is 9.94. The van der Waals surface area contributed by atoms with Crippen molar-refractivity contribution in [2.24, 2.45) is 5.92 Å². The van der Waals surface area contributed by atoms with Crippen LogP contribution in [0, 0.1) is 5.92 Å². The molecule has 0 N–H and O–H groups in total. The average molecular weight is 266 g/mol. The van der Waals surface area contributed by atoms with Gasteiger partial charge in [-0.15, -0.1) is 0 Å². The lowest BCUT2D eigenvalue weighted by Gasteiger charge is -2.35. The van der Waals surface area contributed by atoms with E-state index >= 15 is 0 Å². The monoisotopic (exact) mass is 266 g/mol. The van der Waals surface area contributed by atoms with Gasteiger partial charge in [0, 0.05) is 25.7 Å². The molecule has 0 aromatic heterocycles. The standard InChI is InChI=1S/C16H30N2O/c1-3-17(4-2)16(19)13-18(12-14-10-11-14)15-8-6-5-7-9-15/h14-15H,3-13H2,1-2H3. The molecule has 1 amide bonds. The van der Waals surface area contributed by atoms with Crippen molar-refractivity contribution < 1.29 is 4.79 Å². The number of likely N-dealkylation sites (N-methyl/N-ethyl adjacent to an activating group) is 1. The number of hydrogen-bond acceptors (Lipinski definition) is 2. The van der Waals surface area contributed by atoms with Gasteiger partial charge in [-0.25, -0.2) is 0 Å². The SMILES string of the molecule is CCN(CC)C(=O)CN(CC1CC1)C1CCCCC1. The first-order valence-electron chi connectivity index (χ1n) is 8.26. The normalized spacial score (nSPS) is 20.8. The largest absolute Gasteiger partial charge is 0.342 e. The molecule has 2 aliphatic rings. The van der Waals surface area contributed by atoms with Crippen molar-refractivity contribution in [1.82, 2.24) is 9.80 Å². The van der Waals surface area contributed by atoms with E-state index in [4.69, 9.17) is 0 Å². The highest BCUT2D eigenvalue weighted by Crippen LogP contribution is 2.32. The minimum Gasteiger partial charge on any atom is -0.342 e. The molecule has 2 rings (SSSR count). The van der Waals surface area contributed by atoms with E-state index in [1.807, 2.05) is 4.90 Å². The van der Waals surface area contributed by atoms with Crippen molar-refractivity contribution in [3.05, 3.63) is 0 Å². The fraction of sp³-hybridized carbons (Fsp3) is 0.938. The molecule has 3 nitrogen and oxygen atoms in total. The molecule has 0 spiro atoms. The summed E-state index contributed by atoms with van der Waals surface area (Å²) in [5.41, 5.74) is 0. The topological polar surface area (TPSA) is 23.6 Å². The van der Waals surface area contributed by atoms with E-state index in [0.717, 1.165) is 25.6 Å². The van der Waals surface area contributed by atoms with Gasteiger partial charge in [-0.1, -0.05) is 19.3 Å². The minimum absolute atomic E-state index is 0.330. The van der Waals surface area contributed by atoms with Crippen LogP contribution in [0.15, 0.2) is 0 Å². The highest BCUT2D eigenvalue weighted by atomic mass is 16.2. The molecule has 0 unspecified atom stereocenters. The van der Waals surface area contributed by atoms with Gasteiger partial charge in [0.15, 0.2) is 0 Å². The summed E-state index contributed by atoms with van der Waals surface area (Å²) >= 11 is 0. The number of carbonyl (C=O) groups excluding carboxylic acids is 1. The zero-order chi connectivity index (χ0) is 13.7. The van der Waals surface area contributed by atoms with Gasteiger partial charge in [0.05, 0.1) is 6.54 Å². The average Bonchev–Trinajstić information content (AvgIpc) is 3.24. The van der Waals surface area contributed by atoms with E-state index in [2.05, 4.69) is 18.7 Å². The smallest absolute Gasteiger partial charge is 0.236 e. The van der Waals surface area contributed by atoms with Gasteiger partial charge in [0.25, 0.3) is 0 Å². The molecule has 2 saturated carbocycles. The second-order valence-electron chi connectivity index (χ2n) is 6.23. The van der Waals surface area contributed by atoms with Crippen molar-refractivity contribution in [2.75, 3.05) is 26.2 Å². The van der Waals surface area contributed by atoms with Gasteiger partial charge in [0.1, 0.15) is 0 Å². The summed E-state index contributed by atoms with van der Waals surface area (Å²) < 4.78 is 0. The van der Waals surface area contributed by atoms with Crippen LogP contribution in [0.2, 0.25) is 0 Å². The molecular formula is C16H30N2O. The van der Waals surface area contributed by atoms with Gasteiger partial charge in [-0.2, -0.15) is 0 Å². The van der Waals surface area contributed by atoms with E-state index in [1.165, 1.54) is 44.9 Å². The van der Waals surface area contributed by atoms with E-state index < -0.39 is 0 Å². The number of carbonyl (C=O) groups is 1. The van der Waals surface area contributed by atoms with Crippen molar-refractivity contribution >= 4 is 5.91 Å². The molecule has 0 bridgehead atoms. The Labute approximate surface area is 118 Å². The Balaban J connectivity index is 1.90. The van der Waals surface area contributed by atoms with Gasteiger partial charge in [-0.3, -0.25) is 9.69 Å². The molecular weight excluding hydrogens is 236 g/mol. The van der Waals surface area contributed by atoms with Gasteiger partial charge < -0.3 is 4.90 Å². The van der Waals surface area contributed by atoms with Crippen LogP contribution in [0.1, 0.15) is 58.8 Å². The second-order valence-corrected chi connectivity index (χ2v) is 6.23. The summed E-state index contributed by atoms with van der Waals surface area (Å²) in [4.78, 5) is 16.8. The summed E-state index contributed by atoms with van der Waals surface area (Å²) in [5, 5.41) is 0. The molecule has 0 atom stereocenters. The molecule has 0 heterocycles. The van der Waals surface area contributed by atoms with E-state index in [-0.39, 0.29) is 0 Å². The van der Waals surface area contributed by atoms with Crippen molar-refractivity contribution in [3.8, 4) is 0 Å². The summed E-state index contributed by atoms with van der Waals surface area (Å²) in [5.74, 6) is 1.21. The summed E-state index contributed by atoms with van der Waals surface area (Å²) in [7, 11) is 0. The van der Waals surface area contributed by atoms with Crippen LogP contribution in [-0.4, -0.2) is 47.9 Å². The molecule has 110 valence electrons. The van der Waals surface area contributed by atoms with E-state index in [0.29, 0.717) is 18.5 Å². The molecule has 2 aliphatic carbocycles. The zero-order valence-corrected chi connectivity index (χ0v) is 12.7.